The third-order valence-corrected chi connectivity index (χ3v) is 10.8. The van der Waals surface area contributed by atoms with Crippen LogP contribution in [0.4, 0.5) is 0 Å². The molecule has 0 unspecified atom stereocenters. The van der Waals surface area contributed by atoms with Crippen molar-refractivity contribution in [3.8, 4) is 39.5 Å². The molecule has 0 saturated carbocycles. The number of benzene rings is 7. The van der Waals surface area contributed by atoms with E-state index in [0.717, 1.165) is 55.1 Å². The Balaban J connectivity index is 1.05. The van der Waals surface area contributed by atoms with Crippen molar-refractivity contribution in [3.05, 3.63) is 175 Å². The van der Waals surface area contributed by atoms with Crippen LogP contribution in [-0.4, -0.2) is 25.1 Å². The zero-order valence-electron chi connectivity index (χ0n) is 28.8. The zero-order chi connectivity index (χ0) is 35.0. The van der Waals surface area contributed by atoms with Crippen LogP contribution in [0.15, 0.2) is 164 Å². The van der Waals surface area contributed by atoms with Gasteiger partial charge >= 0.3 is 15.1 Å². The van der Waals surface area contributed by atoms with Gasteiger partial charge in [-0.15, -0.1) is 0 Å². The van der Waals surface area contributed by atoms with Crippen LogP contribution in [0.25, 0.3) is 65.6 Å². The van der Waals surface area contributed by atoms with Crippen molar-refractivity contribution in [1.82, 2.24) is 9.97 Å². The smallest absolute Gasteiger partial charge is 0.577 e. The van der Waals surface area contributed by atoms with E-state index in [9.17, 15) is 0 Å². The van der Waals surface area contributed by atoms with Crippen molar-refractivity contribution >= 4 is 58.5 Å². The Bertz CT molecular complexity index is 2680. The molecule has 0 amide bonds. The molecule has 0 spiro atoms. The predicted molar refractivity (Wildman–Crippen MR) is 213 cm³/mol. The lowest BCUT2D eigenvalue weighted by Gasteiger charge is -2.19. The first-order valence-electron chi connectivity index (χ1n) is 17.4. The molecule has 9 aromatic rings. The molecule has 52 heavy (non-hydrogen) atoms. The Morgan fingerprint density at radius 1 is 0.365 bits per heavy atom. The number of rotatable bonds is 8. The summed E-state index contributed by atoms with van der Waals surface area (Å²) in [6.07, 6.45) is 0. The molecule has 0 aliphatic rings. The number of aryl methyl sites for hydroxylation is 2. The summed E-state index contributed by atoms with van der Waals surface area (Å²) >= 11 is -2.97. The van der Waals surface area contributed by atoms with Gasteiger partial charge in [-0.05, 0) is 94.7 Å². The zero-order valence-corrected chi connectivity index (χ0v) is 29.9. The first kappa shape index (κ1) is 31.8. The van der Waals surface area contributed by atoms with Crippen LogP contribution in [0.2, 0.25) is 0 Å². The van der Waals surface area contributed by atoms with Crippen molar-refractivity contribution in [3.63, 3.8) is 0 Å². The summed E-state index contributed by atoms with van der Waals surface area (Å²) in [4.78, 5) is 9.60. The Labute approximate surface area is 307 Å². The van der Waals surface area contributed by atoms with Crippen LogP contribution in [-0.2, 0) is 0 Å². The number of nitrogens with zero attached hydrogens (tertiary/aromatic N) is 2. The Morgan fingerprint density at radius 3 is 1.42 bits per heavy atom. The molecule has 248 valence electrons. The molecule has 2 heterocycles. The van der Waals surface area contributed by atoms with E-state index in [1.165, 1.54) is 21.9 Å². The molecule has 2 aromatic heterocycles. The van der Waals surface area contributed by atoms with Crippen LogP contribution in [0.3, 0.4) is 0 Å². The summed E-state index contributed by atoms with van der Waals surface area (Å²) in [5, 5.41) is 6.50. The lowest BCUT2D eigenvalue weighted by Crippen LogP contribution is -2.37. The van der Waals surface area contributed by atoms with Gasteiger partial charge < -0.3 is 11.4 Å². The lowest BCUT2D eigenvalue weighted by molar-refractivity contribution is 0.311. The second-order valence-electron chi connectivity index (χ2n) is 13.0. The largest absolute Gasteiger partial charge is 1.20 e. The van der Waals surface area contributed by atoms with E-state index in [0.29, 0.717) is 17.2 Å². The third kappa shape index (κ3) is 6.31. The molecule has 0 aliphatic carbocycles. The summed E-state index contributed by atoms with van der Waals surface area (Å²) in [6, 6.07) is 56.4. The quantitative estimate of drug-likeness (QED) is 0.149. The number of aromatic nitrogens is 2. The minimum Gasteiger partial charge on any atom is -0.577 e. The van der Waals surface area contributed by atoms with Crippen molar-refractivity contribution < 1.29 is 11.4 Å². The molecule has 6 heteroatoms. The lowest BCUT2D eigenvalue weighted by atomic mass is 9.97. The van der Waals surface area contributed by atoms with Gasteiger partial charge in [0.15, 0.2) is 0 Å². The van der Waals surface area contributed by atoms with Gasteiger partial charge in [0.25, 0.3) is 0 Å². The minimum atomic E-state index is -2.97. The molecule has 0 saturated heterocycles. The number of hydrogen-bond donors (Lipinski definition) is 0. The average Bonchev–Trinajstić information content (AvgIpc) is 3.18. The molecule has 0 aliphatic heterocycles. The molecule has 7 aromatic carbocycles. The maximum absolute atomic E-state index is 6.77. The van der Waals surface area contributed by atoms with E-state index in [-0.39, 0.29) is 0 Å². The first-order chi connectivity index (χ1) is 25.5. The molecule has 0 radical (unpaired) electrons. The van der Waals surface area contributed by atoms with Gasteiger partial charge in [-0.2, -0.15) is 0 Å². The topological polar surface area (TPSA) is 53.5 Å². The molecular weight excluding hydrogens is 655 g/mol. The van der Waals surface area contributed by atoms with Crippen LogP contribution < -0.4 is 11.4 Å². The highest BCUT2D eigenvalue weighted by atomic mass is 27.3. The highest BCUT2D eigenvalue weighted by Gasteiger charge is 2.45. The molecule has 5 nitrogen and oxygen atoms in total. The van der Waals surface area contributed by atoms with Gasteiger partial charge in [-0.25, -0.2) is 9.97 Å². The third-order valence-electron chi connectivity index (χ3n) is 9.46. The van der Waals surface area contributed by atoms with Gasteiger partial charge in [-0.1, -0.05) is 121 Å². The van der Waals surface area contributed by atoms with Crippen molar-refractivity contribution in [2.45, 2.75) is 13.8 Å². The fourth-order valence-electron chi connectivity index (χ4n) is 6.77. The number of pyridine rings is 2. The van der Waals surface area contributed by atoms with E-state index in [1.807, 2.05) is 74.5 Å². The summed E-state index contributed by atoms with van der Waals surface area (Å²) in [6.45, 7) is 3.96. The summed E-state index contributed by atoms with van der Waals surface area (Å²) in [5.41, 5.74) is 8.03. The van der Waals surface area contributed by atoms with Crippen LogP contribution in [0.5, 0.6) is 17.2 Å². The predicted octanol–water partition coefficient (Wildman–Crippen LogP) is 11.6. The van der Waals surface area contributed by atoms with E-state index < -0.39 is 15.1 Å². The number of hydrogen-bond acceptors (Lipinski definition) is 5. The van der Waals surface area contributed by atoms with Gasteiger partial charge in [0.2, 0.25) is 0 Å². The fourth-order valence-corrected chi connectivity index (χ4v) is 8.12. The second-order valence-corrected chi connectivity index (χ2v) is 14.3. The van der Waals surface area contributed by atoms with Gasteiger partial charge in [0.1, 0.15) is 22.5 Å². The maximum Gasteiger partial charge on any atom is 1.20 e. The van der Waals surface area contributed by atoms with Crippen LogP contribution >= 0.6 is 0 Å². The fraction of sp³-hybridized carbons (Fsp3) is 0.0435. The minimum absolute atomic E-state index is 0.622. The van der Waals surface area contributed by atoms with Gasteiger partial charge in [0.05, 0.1) is 5.75 Å². The monoisotopic (exact) mass is 688 g/mol. The van der Waals surface area contributed by atoms with Crippen LogP contribution in [0.1, 0.15) is 11.4 Å². The van der Waals surface area contributed by atoms with Crippen molar-refractivity contribution in [2.24, 2.45) is 0 Å². The van der Waals surface area contributed by atoms with E-state index >= 15 is 0 Å². The first-order valence-corrected chi connectivity index (χ1v) is 18.8. The molecule has 0 fully saturated rings. The Hall–Kier alpha value is -6.19. The average molecular weight is 689 g/mol. The maximum atomic E-state index is 6.77. The van der Waals surface area contributed by atoms with Gasteiger partial charge in [-0.3, -0.25) is 0 Å². The van der Waals surface area contributed by atoms with Gasteiger partial charge in [0, 0.05) is 27.5 Å². The summed E-state index contributed by atoms with van der Waals surface area (Å²) in [7, 11) is 0. The van der Waals surface area contributed by atoms with Crippen molar-refractivity contribution in [2.75, 3.05) is 0 Å². The number of para-hydroxylation sites is 2. The number of fused-ring (bicyclic) bond motifs is 4. The van der Waals surface area contributed by atoms with E-state index in [1.54, 1.807) is 0 Å². The van der Waals surface area contributed by atoms with E-state index in [4.69, 9.17) is 21.3 Å². The Morgan fingerprint density at radius 2 is 0.808 bits per heavy atom. The molecular formula is C46H33AlN2O3. The molecule has 0 bridgehead atoms. The second kappa shape index (κ2) is 13.5. The highest BCUT2D eigenvalue weighted by Crippen LogP contribution is 2.34. The molecule has 9 rings (SSSR count). The Kier molecular flexibility index (Phi) is 8.25. The molecule has 0 N–H and O–H groups in total. The summed E-state index contributed by atoms with van der Waals surface area (Å²) in [5.74, 6) is 1.94. The van der Waals surface area contributed by atoms with Crippen molar-refractivity contribution in [1.29, 1.82) is 0 Å². The van der Waals surface area contributed by atoms with Crippen LogP contribution in [0, 0.1) is 13.8 Å². The molecule has 0 atom stereocenters. The highest BCUT2D eigenvalue weighted by molar-refractivity contribution is 6.40. The summed E-state index contributed by atoms with van der Waals surface area (Å²) < 4.78 is 20.1. The standard InChI is InChI=1S/C26H18O.2C10H9NO.Al/c27-26-7-3-6-24-17-23(14-15-25(24)26)20-10-8-19(9-11-20)22-13-12-18-4-1-2-5-21(18)16-22;2*1-7-5-6-8-3-2-4-9(12)10(8)11-7;/h1-17,27H;2*2-6,12H,1H3;/q;;;+3/p-3. The van der Waals surface area contributed by atoms with E-state index in [2.05, 4.69) is 103 Å². The SMILES string of the molecule is Cc1ccc2cccc([O][Al]([O]c3cccc4cc(-c5ccc(-c6ccc7ccccc7c6)cc5)ccc34)[O]c3cccc4ccc(C)nc34)c2n1. The normalized spacial score (nSPS) is 11.3.